The quantitative estimate of drug-likeness (QED) is 0.822. The van der Waals surface area contributed by atoms with Crippen molar-refractivity contribution in [3.8, 4) is 0 Å². The summed E-state index contributed by atoms with van der Waals surface area (Å²) in [4.78, 5) is 10.4. The Labute approximate surface area is 90.9 Å². The molecule has 1 N–H and O–H groups in total. The van der Waals surface area contributed by atoms with Crippen molar-refractivity contribution in [2.45, 2.75) is 40.0 Å². The second kappa shape index (κ2) is 4.96. The molecule has 2 heteroatoms. The van der Waals surface area contributed by atoms with E-state index in [9.17, 15) is 4.79 Å². The Balaban J connectivity index is 2.72. The zero-order chi connectivity index (χ0) is 11.4. The molecule has 0 aliphatic rings. The summed E-state index contributed by atoms with van der Waals surface area (Å²) < 4.78 is 0. The number of aryl methyl sites for hydroxylation is 3. The van der Waals surface area contributed by atoms with E-state index >= 15 is 0 Å². The fourth-order valence-electron chi connectivity index (χ4n) is 1.82. The Bertz CT molecular complexity index is 367. The third kappa shape index (κ3) is 3.39. The Kier molecular flexibility index (Phi) is 3.89. The number of carboxylic acids is 1. The molecule has 0 saturated carbocycles. The van der Waals surface area contributed by atoms with Gasteiger partial charge in [0.1, 0.15) is 0 Å². The standard InChI is InChI=1S/C13H18O2/c1-9-7-10(2)11(3)12(8-9)5-4-6-13(14)15/h7-8H,4-6H2,1-3H3,(H,14,15). The van der Waals surface area contributed by atoms with Crippen LogP contribution >= 0.6 is 0 Å². The van der Waals surface area contributed by atoms with E-state index in [4.69, 9.17) is 5.11 Å². The Morgan fingerprint density at radius 1 is 1.27 bits per heavy atom. The van der Waals surface area contributed by atoms with Crippen molar-refractivity contribution in [3.63, 3.8) is 0 Å². The predicted octanol–water partition coefficient (Wildman–Crippen LogP) is 3.02. The Morgan fingerprint density at radius 3 is 2.53 bits per heavy atom. The van der Waals surface area contributed by atoms with Crippen molar-refractivity contribution < 1.29 is 9.90 Å². The van der Waals surface area contributed by atoms with Crippen LogP contribution in [0, 0.1) is 20.8 Å². The van der Waals surface area contributed by atoms with Gasteiger partial charge in [-0.25, -0.2) is 0 Å². The average Bonchev–Trinajstić information content (AvgIpc) is 2.12. The van der Waals surface area contributed by atoms with Crippen LogP contribution in [0.5, 0.6) is 0 Å². The van der Waals surface area contributed by atoms with Gasteiger partial charge in [0, 0.05) is 6.42 Å². The van der Waals surface area contributed by atoms with Gasteiger partial charge in [-0.05, 0) is 50.3 Å². The summed E-state index contributed by atoms with van der Waals surface area (Å²) in [5, 5.41) is 8.57. The molecule has 2 nitrogen and oxygen atoms in total. The molecular weight excluding hydrogens is 188 g/mol. The maximum atomic E-state index is 10.4. The lowest BCUT2D eigenvalue weighted by Crippen LogP contribution is -1.98. The summed E-state index contributed by atoms with van der Waals surface area (Å²) in [5.41, 5.74) is 5.13. The molecule has 1 aromatic carbocycles. The van der Waals surface area contributed by atoms with Crippen molar-refractivity contribution in [3.05, 3.63) is 34.4 Å². The fraction of sp³-hybridized carbons (Fsp3) is 0.462. The molecule has 0 aliphatic heterocycles. The van der Waals surface area contributed by atoms with E-state index in [0.717, 1.165) is 12.8 Å². The molecule has 1 aromatic rings. The second-order valence-corrected chi connectivity index (χ2v) is 4.11. The number of hydrogen-bond acceptors (Lipinski definition) is 1. The van der Waals surface area contributed by atoms with Crippen molar-refractivity contribution in [2.24, 2.45) is 0 Å². The average molecular weight is 206 g/mol. The summed E-state index contributed by atoms with van der Waals surface area (Å²) in [5.74, 6) is -0.711. The molecule has 0 unspecified atom stereocenters. The van der Waals surface area contributed by atoms with Gasteiger partial charge in [0.2, 0.25) is 0 Å². The van der Waals surface area contributed by atoms with Crippen molar-refractivity contribution in [1.82, 2.24) is 0 Å². The van der Waals surface area contributed by atoms with Crippen LogP contribution in [0.3, 0.4) is 0 Å². The van der Waals surface area contributed by atoms with Gasteiger partial charge >= 0.3 is 5.97 Å². The first-order valence-corrected chi connectivity index (χ1v) is 5.29. The van der Waals surface area contributed by atoms with Crippen LogP contribution in [0.25, 0.3) is 0 Å². The van der Waals surface area contributed by atoms with Crippen LogP contribution < -0.4 is 0 Å². The number of benzene rings is 1. The smallest absolute Gasteiger partial charge is 0.303 e. The van der Waals surface area contributed by atoms with Crippen molar-refractivity contribution in [1.29, 1.82) is 0 Å². The second-order valence-electron chi connectivity index (χ2n) is 4.11. The topological polar surface area (TPSA) is 37.3 Å². The summed E-state index contributed by atoms with van der Waals surface area (Å²) >= 11 is 0. The van der Waals surface area contributed by atoms with E-state index in [2.05, 4.69) is 32.9 Å². The first-order chi connectivity index (χ1) is 7.00. The lowest BCUT2D eigenvalue weighted by molar-refractivity contribution is -0.137. The first-order valence-electron chi connectivity index (χ1n) is 5.29. The first kappa shape index (κ1) is 11.8. The monoisotopic (exact) mass is 206 g/mol. The minimum atomic E-state index is -0.711. The largest absolute Gasteiger partial charge is 0.481 e. The summed E-state index contributed by atoms with van der Waals surface area (Å²) in [7, 11) is 0. The van der Waals surface area contributed by atoms with E-state index in [0.29, 0.717) is 0 Å². The lowest BCUT2D eigenvalue weighted by Gasteiger charge is -2.09. The third-order valence-electron chi connectivity index (χ3n) is 2.76. The minimum Gasteiger partial charge on any atom is -0.481 e. The van der Waals surface area contributed by atoms with E-state index in [1.54, 1.807) is 0 Å². The molecule has 0 amide bonds. The van der Waals surface area contributed by atoms with Crippen molar-refractivity contribution in [2.75, 3.05) is 0 Å². The zero-order valence-corrected chi connectivity index (χ0v) is 9.63. The van der Waals surface area contributed by atoms with Crippen LogP contribution in [0.1, 0.15) is 35.1 Å². The molecule has 82 valence electrons. The Morgan fingerprint density at radius 2 is 1.93 bits per heavy atom. The lowest BCUT2D eigenvalue weighted by atomic mass is 9.96. The molecule has 0 saturated heterocycles. The van der Waals surface area contributed by atoms with Crippen LogP contribution in [0.4, 0.5) is 0 Å². The number of hydrogen-bond donors (Lipinski definition) is 1. The minimum absolute atomic E-state index is 0.256. The van der Waals surface area contributed by atoms with Crippen LogP contribution in [0.2, 0.25) is 0 Å². The van der Waals surface area contributed by atoms with Gasteiger partial charge in [-0.15, -0.1) is 0 Å². The van der Waals surface area contributed by atoms with Crippen LogP contribution in [0.15, 0.2) is 12.1 Å². The number of aliphatic carboxylic acids is 1. The molecule has 0 aliphatic carbocycles. The van der Waals surface area contributed by atoms with Crippen LogP contribution in [-0.2, 0) is 11.2 Å². The Hall–Kier alpha value is -1.31. The zero-order valence-electron chi connectivity index (χ0n) is 9.63. The highest BCUT2D eigenvalue weighted by molar-refractivity contribution is 5.66. The maximum Gasteiger partial charge on any atom is 0.303 e. The molecule has 0 fully saturated rings. The summed E-state index contributed by atoms with van der Waals surface area (Å²) in [6.45, 7) is 6.28. The molecular formula is C13H18O2. The predicted molar refractivity (Wildman–Crippen MR) is 61.2 cm³/mol. The van der Waals surface area contributed by atoms with Gasteiger partial charge in [-0.2, -0.15) is 0 Å². The van der Waals surface area contributed by atoms with Gasteiger partial charge in [-0.1, -0.05) is 17.7 Å². The molecule has 0 aromatic heterocycles. The molecule has 0 radical (unpaired) electrons. The summed E-state index contributed by atoms with van der Waals surface area (Å²) in [6.07, 6.45) is 1.84. The molecule has 0 spiro atoms. The van der Waals surface area contributed by atoms with E-state index in [1.807, 2.05) is 0 Å². The molecule has 15 heavy (non-hydrogen) atoms. The number of carboxylic acid groups (broad SMARTS) is 1. The number of carbonyl (C=O) groups is 1. The third-order valence-corrected chi connectivity index (χ3v) is 2.76. The maximum absolute atomic E-state index is 10.4. The van der Waals surface area contributed by atoms with Gasteiger partial charge in [0.05, 0.1) is 0 Å². The molecule has 0 heterocycles. The SMILES string of the molecule is Cc1cc(C)c(C)c(CCCC(=O)O)c1. The van der Waals surface area contributed by atoms with E-state index < -0.39 is 5.97 Å². The van der Waals surface area contributed by atoms with Crippen LogP contribution in [-0.4, -0.2) is 11.1 Å². The van der Waals surface area contributed by atoms with E-state index in [1.165, 1.54) is 22.3 Å². The normalized spacial score (nSPS) is 10.3. The van der Waals surface area contributed by atoms with E-state index in [-0.39, 0.29) is 6.42 Å². The highest BCUT2D eigenvalue weighted by atomic mass is 16.4. The number of rotatable bonds is 4. The van der Waals surface area contributed by atoms with Gasteiger partial charge < -0.3 is 5.11 Å². The molecule has 0 bridgehead atoms. The van der Waals surface area contributed by atoms with Gasteiger partial charge in [-0.3, -0.25) is 4.79 Å². The van der Waals surface area contributed by atoms with Gasteiger partial charge in [0.15, 0.2) is 0 Å². The highest BCUT2D eigenvalue weighted by Gasteiger charge is 2.04. The van der Waals surface area contributed by atoms with Gasteiger partial charge in [0.25, 0.3) is 0 Å². The fourth-order valence-corrected chi connectivity index (χ4v) is 1.82. The molecule has 1 rings (SSSR count). The summed E-state index contributed by atoms with van der Waals surface area (Å²) in [6, 6.07) is 4.32. The van der Waals surface area contributed by atoms with Crippen molar-refractivity contribution >= 4 is 5.97 Å². The molecule has 0 atom stereocenters. The highest BCUT2D eigenvalue weighted by Crippen LogP contribution is 2.17.